The van der Waals surface area contributed by atoms with Crippen molar-refractivity contribution in [2.45, 2.75) is 53.1 Å². The van der Waals surface area contributed by atoms with Crippen molar-refractivity contribution in [1.82, 2.24) is 9.38 Å². The van der Waals surface area contributed by atoms with Crippen molar-refractivity contribution in [3.05, 3.63) is 53.3 Å². The Balaban J connectivity index is 2.32. The largest absolute Gasteiger partial charge is 0.493 e. The van der Waals surface area contributed by atoms with Gasteiger partial charge < -0.3 is 9.84 Å². The van der Waals surface area contributed by atoms with E-state index < -0.39 is 0 Å². The lowest BCUT2D eigenvalue weighted by Gasteiger charge is -2.20. The minimum absolute atomic E-state index is 0.00908. The molecule has 2 heterocycles. The van der Waals surface area contributed by atoms with Crippen LogP contribution in [0.3, 0.4) is 0 Å². The molecular formula is C22H28N2O2. The van der Waals surface area contributed by atoms with Crippen LogP contribution < -0.4 is 4.74 Å². The van der Waals surface area contributed by atoms with Gasteiger partial charge in [-0.25, -0.2) is 4.98 Å². The second-order valence-electron chi connectivity index (χ2n) is 7.30. The highest BCUT2D eigenvalue weighted by Crippen LogP contribution is 2.40. The molecule has 3 rings (SSSR count). The summed E-state index contributed by atoms with van der Waals surface area (Å²) in [7, 11) is 0. The Hall–Kier alpha value is -2.33. The minimum atomic E-state index is 0.00908. The van der Waals surface area contributed by atoms with Gasteiger partial charge in [0.1, 0.15) is 11.4 Å². The third-order valence-corrected chi connectivity index (χ3v) is 4.74. The third kappa shape index (κ3) is 3.34. The Kier molecular flexibility index (Phi) is 5.33. The van der Waals surface area contributed by atoms with Crippen LogP contribution in [0.2, 0.25) is 0 Å². The van der Waals surface area contributed by atoms with Crippen LogP contribution in [0.5, 0.6) is 5.75 Å². The van der Waals surface area contributed by atoms with E-state index in [2.05, 4.69) is 44.8 Å². The first-order valence-corrected chi connectivity index (χ1v) is 9.34. The fourth-order valence-corrected chi connectivity index (χ4v) is 3.25. The first-order valence-electron chi connectivity index (χ1n) is 9.34. The molecule has 0 aliphatic carbocycles. The quantitative estimate of drug-likeness (QED) is 0.668. The van der Waals surface area contributed by atoms with E-state index in [0.29, 0.717) is 18.4 Å². The van der Waals surface area contributed by atoms with Crippen molar-refractivity contribution >= 4 is 5.65 Å². The fourth-order valence-electron chi connectivity index (χ4n) is 3.25. The molecule has 4 nitrogen and oxygen atoms in total. The number of fused-ring (bicyclic) bond motifs is 1. The van der Waals surface area contributed by atoms with E-state index in [1.807, 2.05) is 35.9 Å². The van der Waals surface area contributed by atoms with Gasteiger partial charge in [0.05, 0.1) is 25.1 Å². The zero-order valence-corrected chi connectivity index (χ0v) is 16.3. The molecule has 2 aromatic heterocycles. The summed E-state index contributed by atoms with van der Waals surface area (Å²) < 4.78 is 8.14. The molecule has 0 atom stereocenters. The molecule has 0 aliphatic rings. The summed E-state index contributed by atoms with van der Waals surface area (Å²) in [5.41, 5.74) is 6.29. The second kappa shape index (κ2) is 7.50. The molecule has 1 N–H and O–H groups in total. The zero-order valence-electron chi connectivity index (χ0n) is 16.3. The molecule has 0 bridgehead atoms. The van der Waals surface area contributed by atoms with Crippen LogP contribution in [0.15, 0.2) is 36.7 Å². The lowest BCUT2D eigenvalue weighted by Crippen LogP contribution is -2.04. The minimum Gasteiger partial charge on any atom is -0.493 e. The molecule has 3 aromatic rings. The van der Waals surface area contributed by atoms with Crippen LogP contribution in [0.25, 0.3) is 16.9 Å². The van der Waals surface area contributed by atoms with E-state index in [0.717, 1.165) is 28.2 Å². The van der Waals surface area contributed by atoms with Gasteiger partial charge in [0.25, 0.3) is 0 Å². The van der Waals surface area contributed by atoms with Crippen LogP contribution in [-0.2, 0) is 6.61 Å². The van der Waals surface area contributed by atoms with Gasteiger partial charge in [0.2, 0.25) is 0 Å². The first kappa shape index (κ1) is 18.5. The van der Waals surface area contributed by atoms with Crippen molar-refractivity contribution in [2.24, 2.45) is 0 Å². The van der Waals surface area contributed by atoms with Crippen LogP contribution >= 0.6 is 0 Å². The summed E-state index contributed by atoms with van der Waals surface area (Å²) in [4.78, 5) is 4.55. The third-order valence-electron chi connectivity index (χ3n) is 4.74. The van der Waals surface area contributed by atoms with Gasteiger partial charge in [-0.1, -0.05) is 39.8 Å². The van der Waals surface area contributed by atoms with Crippen LogP contribution in [0.1, 0.15) is 63.1 Å². The maximum absolute atomic E-state index is 9.51. The normalized spacial score (nSPS) is 11.7. The van der Waals surface area contributed by atoms with Gasteiger partial charge >= 0.3 is 0 Å². The number of nitrogens with zero attached hydrogens (tertiary/aromatic N) is 2. The maximum Gasteiger partial charge on any atom is 0.137 e. The van der Waals surface area contributed by atoms with E-state index >= 15 is 0 Å². The number of hydrogen-bond acceptors (Lipinski definition) is 3. The van der Waals surface area contributed by atoms with E-state index in [9.17, 15) is 5.11 Å². The monoisotopic (exact) mass is 352 g/mol. The number of imidazole rings is 1. The SMILES string of the molecule is CCOc1c(-c2cnc3ccc(CO)cn23)cc(C(C)C)cc1C(C)C. The van der Waals surface area contributed by atoms with Gasteiger partial charge in [0.15, 0.2) is 0 Å². The molecule has 0 aliphatic heterocycles. The Morgan fingerprint density at radius 3 is 2.50 bits per heavy atom. The fraction of sp³-hybridized carbons (Fsp3) is 0.409. The Bertz CT molecular complexity index is 910. The van der Waals surface area contributed by atoms with Gasteiger partial charge in [-0.15, -0.1) is 0 Å². The van der Waals surface area contributed by atoms with Crippen molar-refractivity contribution in [1.29, 1.82) is 0 Å². The summed E-state index contributed by atoms with van der Waals surface area (Å²) in [6.45, 7) is 11.5. The summed E-state index contributed by atoms with van der Waals surface area (Å²) >= 11 is 0. The number of rotatable bonds is 6. The summed E-state index contributed by atoms with van der Waals surface area (Å²) in [5, 5.41) is 9.51. The van der Waals surface area contributed by atoms with E-state index in [1.165, 1.54) is 11.1 Å². The van der Waals surface area contributed by atoms with Crippen molar-refractivity contribution in [3.8, 4) is 17.0 Å². The lowest BCUT2D eigenvalue weighted by atomic mass is 9.91. The predicted octanol–water partition coefficient (Wildman–Crippen LogP) is 5.14. The summed E-state index contributed by atoms with van der Waals surface area (Å²) in [6, 6.07) is 8.33. The van der Waals surface area contributed by atoms with Crippen LogP contribution in [-0.4, -0.2) is 21.1 Å². The standard InChI is InChI=1S/C22H28N2O2/c1-6-26-22-18(15(4)5)9-17(14(2)3)10-19(22)20-11-23-21-8-7-16(13-25)12-24(20)21/h7-12,14-15,25H,6,13H2,1-5H3. The molecule has 0 radical (unpaired) electrons. The maximum atomic E-state index is 9.51. The van der Waals surface area contributed by atoms with Crippen LogP contribution in [0, 0.1) is 0 Å². The summed E-state index contributed by atoms with van der Waals surface area (Å²) in [6.07, 6.45) is 3.84. The molecule has 4 heteroatoms. The lowest BCUT2D eigenvalue weighted by molar-refractivity contribution is 0.281. The molecule has 0 spiro atoms. The smallest absolute Gasteiger partial charge is 0.137 e. The highest BCUT2D eigenvalue weighted by molar-refractivity contribution is 5.73. The van der Waals surface area contributed by atoms with Gasteiger partial charge in [-0.3, -0.25) is 4.40 Å². The number of pyridine rings is 1. The number of benzene rings is 1. The molecule has 0 saturated carbocycles. The average molecular weight is 352 g/mol. The number of ether oxygens (including phenoxy) is 1. The zero-order chi connectivity index (χ0) is 18.8. The Morgan fingerprint density at radius 1 is 1.12 bits per heavy atom. The molecular weight excluding hydrogens is 324 g/mol. The van der Waals surface area contributed by atoms with Gasteiger partial charge in [-0.05, 0) is 47.6 Å². The molecule has 138 valence electrons. The van der Waals surface area contributed by atoms with E-state index in [4.69, 9.17) is 4.74 Å². The highest BCUT2D eigenvalue weighted by Gasteiger charge is 2.20. The first-order chi connectivity index (χ1) is 12.5. The molecule has 1 aromatic carbocycles. The van der Waals surface area contributed by atoms with Crippen molar-refractivity contribution in [3.63, 3.8) is 0 Å². The predicted molar refractivity (Wildman–Crippen MR) is 106 cm³/mol. The Labute approximate surface area is 155 Å². The van der Waals surface area contributed by atoms with Crippen molar-refractivity contribution < 1.29 is 9.84 Å². The van der Waals surface area contributed by atoms with Gasteiger partial charge in [0, 0.05) is 11.8 Å². The number of hydrogen-bond donors (Lipinski definition) is 1. The molecule has 0 unspecified atom stereocenters. The van der Waals surface area contributed by atoms with Crippen LogP contribution in [0.4, 0.5) is 0 Å². The van der Waals surface area contributed by atoms with Gasteiger partial charge in [-0.2, -0.15) is 0 Å². The average Bonchev–Trinajstić information content (AvgIpc) is 3.04. The number of aromatic nitrogens is 2. The molecule has 0 fully saturated rings. The Morgan fingerprint density at radius 2 is 1.88 bits per heavy atom. The molecule has 0 amide bonds. The summed E-state index contributed by atoms with van der Waals surface area (Å²) in [5.74, 6) is 1.72. The number of aliphatic hydroxyl groups is 1. The molecule has 26 heavy (non-hydrogen) atoms. The van der Waals surface area contributed by atoms with E-state index in [1.54, 1.807) is 0 Å². The second-order valence-corrected chi connectivity index (χ2v) is 7.30. The molecule has 0 saturated heterocycles. The topological polar surface area (TPSA) is 46.8 Å². The number of aliphatic hydroxyl groups excluding tert-OH is 1. The van der Waals surface area contributed by atoms with E-state index in [-0.39, 0.29) is 6.61 Å². The highest BCUT2D eigenvalue weighted by atomic mass is 16.5. The van der Waals surface area contributed by atoms with Crippen molar-refractivity contribution in [2.75, 3.05) is 6.61 Å².